The third-order valence-corrected chi connectivity index (χ3v) is 1.69. The van der Waals surface area contributed by atoms with E-state index in [0.29, 0.717) is 0 Å². The van der Waals surface area contributed by atoms with Gasteiger partial charge in [0.05, 0.1) is 0 Å². The first-order valence-electron chi connectivity index (χ1n) is 4.93. The maximum absolute atomic E-state index is 13.3. The first kappa shape index (κ1) is 13.2. The van der Waals surface area contributed by atoms with Crippen LogP contribution in [0.2, 0.25) is 0 Å². The van der Waals surface area contributed by atoms with E-state index < -0.39 is 29.0 Å². The van der Waals surface area contributed by atoms with Gasteiger partial charge in [-0.05, 0) is 20.8 Å². The molecule has 0 saturated carbocycles. The number of amides is 1. The standard InChI is InChI=1S/C11H14F2N2O2/c1-11(2,3)15-10(16)17-9-7(12)4-6(14)5-8(9)13/h4-5H,14H2,1-3H3,(H,15,16). The van der Waals surface area contributed by atoms with E-state index in [1.807, 2.05) is 0 Å². The number of nitrogens with two attached hydrogens (primary N) is 1. The van der Waals surface area contributed by atoms with Crippen LogP contribution < -0.4 is 15.8 Å². The summed E-state index contributed by atoms with van der Waals surface area (Å²) in [5.41, 5.74) is 4.59. The number of nitrogens with one attached hydrogen (secondary N) is 1. The van der Waals surface area contributed by atoms with Gasteiger partial charge in [0.15, 0.2) is 11.6 Å². The van der Waals surface area contributed by atoms with Crippen LogP contribution in [0.25, 0.3) is 0 Å². The predicted molar refractivity (Wildman–Crippen MR) is 59.7 cm³/mol. The average molecular weight is 244 g/mol. The summed E-state index contributed by atoms with van der Waals surface area (Å²) in [7, 11) is 0. The summed E-state index contributed by atoms with van der Waals surface area (Å²) in [5.74, 6) is -2.81. The van der Waals surface area contributed by atoms with Crippen LogP contribution in [0.4, 0.5) is 19.3 Å². The number of benzene rings is 1. The van der Waals surface area contributed by atoms with E-state index in [4.69, 9.17) is 5.73 Å². The van der Waals surface area contributed by atoms with Crippen LogP contribution in [-0.4, -0.2) is 11.6 Å². The van der Waals surface area contributed by atoms with Crippen molar-refractivity contribution in [3.8, 4) is 5.75 Å². The van der Waals surface area contributed by atoms with Crippen molar-refractivity contribution in [2.45, 2.75) is 26.3 Å². The van der Waals surface area contributed by atoms with E-state index in [0.717, 1.165) is 12.1 Å². The third kappa shape index (κ3) is 3.90. The normalized spacial score (nSPS) is 11.1. The van der Waals surface area contributed by atoms with Crippen LogP contribution in [0.3, 0.4) is 0 Å². The summed E-state index contributed by atoms with van der Waals surface area (Å²) in [6, 6.07) is 1.76. The van der Waals surface area contributed by atoms with Crippen LogP contribution in [0.15, 0.2) is 12.1 Å². The molecule has 0 saturated heterocycles. The molecule has 0 spiro atoms. The molecule has 0 radical (unpaired) electrons. The van der Waals surface area contributed by atoms with Crippen molar-refractivity contribution in [3.63, 3.8) is 0 Å². The zero-order valence-corrected chi connectivity index (χ0v) is 9.80. The Morgan fingerprint density at radius 3 is 2.18 bits per heavy atom. The molecule has 0 atom stereocenters. The molecule has 0 heterocycles. The van der Waals surface area contributed by atoms with E-state index in [1.54, 1.807) is 20.8 Å². The number of rotatable bonds is 1. The molecule has 0 unspecified atom stereocenters. The minimum Gasteiger partial charge on any atom is -0.404 e. The smallest absolute Gasteiger partial charge is 0.404 e. The molecule has 0 aromatic heterocycles. The second-order valence-electron chi connectivity index (χ2n) is 4.58. The molecule has 3 N–H and O–H groups in total. The highest BCUT2D eigenvalue weighted by Gasteiger charge is 2.19. The van der Waals surface area contributed by atoms with E-state index in [9.17, 15) is 13.6 Å². The van der Waals surface area contributed by atoms with Gasteiger partial charge in [0.2, 0.25) is 5.75 Å². The monoisotopic (exact) mass is 244 g/mol. The molecule has 17 heavy (non-hydrogen) atoms. The molecule has 1 amide bonds. The molecule has 1 aromatic carbocycles. The first-order chi connectivity index (χ1) is 7.69. The SMILES string of the molecule is CC(C)(C)NC(=O)Oc1c(F)cc(N)cc1F. The maximum atomic E-state index is 13.3. The number of carbonyl (C=O) groups is 1. The van der Waals surface area contributed by atoms with Gasteiger partial charge in [0, 0.05) is 23.4 Å². The van der Waals surface area contributed by atoms with Gasteiger partial charge >= 0.3 is 6.09 Å². The molecular formula is C11H14F2N2O2. The van der Waals surface area contributed by atoms with Crippen molar-refractivity contribution in [1.29, 1.82) is 0 Å². The lowest BCUT2D eigenvalue weighted by atomic mass is 10.1. The molecule has 0 fully saturated rings. The Bertz CT molecular complexity index is 419. The summed E-state index contributed by atoms with van der Waals surface area (Å²) in [4.78, 5) is 11.3. The van der Waals surface area contributed by atoms with E-state index in [2.05, 4.69) is 10.1 Å². The summed E-state index contributed by atoms with van der Waals surface area (Å²) in [6.45, 7) is 5.14. The molecule has 94 valence electrons. The number of ether oxygens (including phenoxy) is 1. The maximum Gasteiger partial charge on any atom is 0.413 e. The Morgan fingerprint density at radius 1 is 1.29 bits per heavy atom. The zero-order chi connectivity index (χ0) is 13.2. The van der Waals surface area contributed by atoms with Gasteiger partial charge < -0.3 is 15.8 Å². The Hall–Kier alpha value is -1.85. The highest BCUT2D eigenvalue weighted by Crippen LogP contribution is 2.24. The zero-order valence-electron chi connectivity index (χ0n) is 9.80. The van der Waals surface area contributed by atoms with Crippen LogP contribution in [0.1, 0.15) is 20.8 Å². The second kappa shape index (κ2) is 4.57. The van der Waals surface area contributed by atoms with Gasteiger partial charge in [0.25, 0.3) is 0 Å². The number of hydrogen-bond donors (Lipinski definition) is 2. The molecule has 0 bridgehead atoms. The molecular weight excluding hydrogens is 230 g/mol. The van der Waals surface area contributed by atoms with Crippen LogP contribution >= 0.6 is 0 Å². The lowest BCUT2D eigenvalue weighted by molar-refractivity contribution is 0.186. The summed E-state index contributed by atoms with van der Waals surface area (Å²) in [5, 5.41) is 2.41. The quantitative estimate of drug-likeness (QED) is 0.746. The minimum absolute atomic E-state index is 0.0800. The highest BCUT2D eigenvalue weighted by atomic mass is 19.1. The first-order valence-corrected chi connectivity index (χ1v) is 4.93. The minimum atomic E-state index is -1.02. The number of anilines is 1. The van der Waals surface area contributed by atoms with Crippen molar-refractivity contribution < 1.29 is 18.3 Å². The molecule has 6 heteroatoms. The Labute approximate surface area is 97.8 Å². The fourth-order valence-electron chi connectivity index (χ4n) is 1.10. The molecule has 1 aromatic rings. The average Bonchev–Trinajstić information content (AvgIpc) is 2.08. The molecule has 0 aliphatic carbocycles. The lowest BCUT2D eigenvalue weighted by Gasteiger charge is -2.20. The topological polar surface area (TPSA) is 64.3 Å². The number of nitrogen functional groups attached to an aromatic ring is 1. The van der Waals surface area contributed by atoms with Gasteiger partial charge in [-0.3, -0.25) is 0 Å². The van der Waals surface area contributed by atoms with Gasteiger partial charge in [-0.2, -0.15) is 0 Å². The lowest BCUT2D eigenvalue weighted by Crippen LogP contribution is -2.42. The highest BCUT2D eigenvalue weighted by molar-refractivity contribution is 5.71. The van der Waals surface area contributed by atoms with Crippen LogP contribution in [-0.2, 0) is 0 Å². The molecule has 4 nitrogen and oxygen atoms in total. The largest absolute Gasteiger partial charge is 0.413 e. The fourth-order valence-corrected chi connectivity index (χ4v) is 1.10. The van der Waals surface area contributed by atoms with Crippen molar-refractivity contribution in [1.82, 2.24) is 5.32 Å². The van der Waals surface area contributed by atoms with Crippen molar-refractivity contribution in [2.24, 2.45) is 0 Å². The van der Waals surface area contributed by atoms with Gasteiger partial charge in [-0.25, -0.2) is 13.6 Å². The Balaban J connectivity index is 2.86. The molecule has 0 aliphatic heterocycles. The number of carbonyl (C=O) groups excluding carboxylic acids is 1. The van der Waals surface area contributed by atoms with E-state index in [-0.39, 0.29) is 5.69 Å². The summed E-state index contributed by atoms with van der Waals surface area (Å²) in [6.07, 6.45) is -0.930. The van der Waals surface area contributed by atoms with Crippen molar-refractivity contribution >= 4 is 11.8 Å². The molecule has 0 aliphatic rings. The van der Waals surface area contributed by atoms with Gasteiger partial charge in [-0.1, -0.05) is 0 Å². The van der Waals surface area contributed by atoms with Crippen LogP contribution in [0.5, 0.6) is 5.75 Å². The third-order valence-electron chi connectivity index (χ3n) is 1.69. The summed E-state index contributed by atoms with van der Waals surface area (Å²) < 4.78 is 31.1. The van der Waals surface area contributed by atoms with Crippen molar-refractivity contribution in [3.05, 3.63) is 23.8 Å². The van der Waals surface area contributed by atoms with Crippen molar-refractivity contribution in [2.75, 3.05) is 5.73 Å². The summed E-state index contributed by atoms with van der Waals surface area (Å²) >= 11 is 0. The van der Waals surface area contributed by atoms with E-state index >= 15 is 0 Å². The van der Waals surface area contributed by atoms with E-state index in [1.165, 1.54) is 0 Å². The van der Waals surface area contributed by atoms with Crippen LogP contribution in [0, 0.1) is 11.6 Å². The molecule has 1 rings (SSSR count). The second-order valence-corrected chi connectivity index (χ2v) is 4.58. The number of hydrogen-bond acceptors (Lipinski definition) is 3. The van der Waals surface area contributed by atoms with Gasteiger partial charge in [0.1, 0.15) is 0 Å². The number of halogens is 2. The fraction of sp³-hybridized carbons (Fsp3) is 0.364. The van der Waals surface area contributed by atoms with Gasteiger partial charge in [-0.15, -0.1) is 0 Å². The Kier molecular flexibility index (Phi) is 3.55. The Morgan fingerprint density at radius 2 is 1.76 bits per heavy atom. The predicted octanol–water partition coefficient (Wildman–Crippen LogP) is 2.43.